The molecule has 2 heteroatoms. The molecule has 0 heterocycles. The molecule has 0 atom stereocenters. The van der Waals surface area contributed by atoms with E-state index in [9.17, 15) is 4.79 Å². The van der Waals surface area contributed by atoms with E-state index in [-0.39, 0.29) is 5.41 Å². The highest BCUT2D eigenvalue weighted by Crippen LogP contribution is 2.35. The summed E-state index contributed by atoms with van der Waals surface area (Å²) in [6, 6.07) is 0.638. The average Bonchev–Trinajstić information content (AvgIpc) is 2.32. The fourth-order valence-corrected chi connectivity index (χ4v) is 3.11. The van der Waals surface area contributed by atoms with Crippen molar-refractivity contribution in [2.24, 2.45) is 5.41 Å². The van der Waals surface area contributed by atoms with Gasteiger partial charge < -0.3 is 9.69 Å². The van der Waals surface area contributed by atoms with Crippen LogP contribution in [0.4, 0.5) is 0 Å². The standard InChI is InChI=1S/C14H27NO/c1-4-13(5-2)15(3)11-14(12-16)9-7-6-8-10-14/h12-13H,4-11H2,1-3H3. The summed E-state index contributed by atoms with van der Waals surface area (Å²) >= 11 is 0. The molecule has 0 aliphatic heterocycles. The number of aldehydes is 1. The molecule has 1 fully saturated rings. The van der Waals surface area contributed by atoms with Gasteiger partial charge in [0.05, 0.1) is 0 Å². The SMILES string of the molecule is CCC(CC)N(C)CC1(C=O)CCCCC1. The zero-order valence-electron chi connectivity index (χ0n) is 11.2. The second-order valence-corrected chi connectivity index (χ2v) is 5.43. The molecule has 0 radical (unpaired) electrons. The molecule has 0 aromatic carbocycles. The maximum atomic E-state index is 11.4. The smallest absolute Gasteiger partial charge is 0.127 e. The first-order valence-corrected chi connectivity index (χ1v) is 6.84. The van der Waals surface area contributed by atoms with Crippen molar-refractivity contribution in [3.63, 3.8) is 0 Å². The molecule has 16 heavy (non-hydrogen) atoms. The Morgan fingerprint density at radius 2 is 1.75 bits per heavy atom. The van der Waals surface area contributed by atoms with E-state index in [0.29, 0.717) is 6.04 Å². The maximum absolute atomic E-state index is 11.4. The van der Waals surface area contributed by atoms with Crippen molar-refractivity contribution in [2.45, 2.75) is 64.8 Å². The molecule has 0 bridgehead atoms. The van der Waals surface area contributed by atoms with Crippen LogP contribution in [0.1, 0.15) is 58.8 Å². The minimum atomic E-state index is -0.0322. The van der Waals surface area contributed by atoms with Gasteiger partial charge >= 0.3 is 0 Å². The van der Waals surface area contributed by atoms with Crippen LogP contribution in [0, 0.1) is 5.41 Å². The quantitative estimate of drug-likeness (QED) is 0.647. The van der Waals surface area contributed by atoms with Gasteiger partial charge in [0.1, 0.15) is 6.29 Å². The van der Waals surface area contributed by atoms with Gasteiger partial charge in [0.2, 0.25) is 0 Å². The molecule has 0 spiro atoms. The lowest BCUT2D eigenvalue weighted by molar-refractivity contribution is -0.119. The summed E-state index contributed by atoms with van der Waals surface area (Å²) in [5.74, 6) is 0. The van der Waals surface area contributed by atoms with Crippen LogP contribution < -0.4 is 0 Å². The first kappa shape index (κ1) is 13.7. The third-order valence-corrected chi connectivity index (χ3v) is 4.23. The Morgan fingerprint density at radius 1 is 1.19 bits per heavy atom. The van der Waals surface area contributed by atoms with E-state index in [1.54, 1.807) is 0 Å². The molecule has 1 aliphatic carbocycles. The molecule has 0 aromatic rings. The Bertz CT molecular complexity index is 205. The summed E-state index contributed by atoms with van der Waals surface area (Å²) < 4.78 is 0. The zero-order valence-corrected chi connectivity index (χ0v) is 11.2. The Hall–Kier alpha value is -0.370. The Labute approximate surface area is 100 Å². The molecule has 0 aromatic heterocycles. The van der Waals surface area contributed by atoms with E-state index in [1.165, 1.54) is 38.4 Å². The van der Waals surface area contributed by atoms with Gasteiger partial charge in [-0.3, -0.25) is 0 Å². The Morgan fingerprint density at radius 3 is 2.19 bits per heavy atom. The third kappa shape index (κ3) is 3.31. The molecular formula is C14H27NO. The fraction of sp³-hybridized carbons (Fsp3) is 0.929. The Balaban J connectivity index is 2.57. The number of carbonyl (C=O) groups excluding carboxylic acids is 1. The topological polar surface area (TPSA) is 20.3 Å². The largest absolute Gasteiger partial charge is 0.303 e. The molecule has 0 saturated heterocycles. The molecule has 1 rings (SSSR count). The van der Waals surface area contributed by atoms with Crippen molar-refractivity contribution < 1.29 is 4.79 Å². The summed E-state index contributed by atoms with van der Waals surface area (Å²) in [7, 11) is 2.18. The highest BCUT2D eigenvalue weighted by Gasteiger charge is 2.33. The lowest BCUT2D eigenvalue weighted by Gasteiger charge is -2.38. The summed E-state index contributed by atoms with van der Waals surface area (Å²) in [6.07, 6.45) is 9.58. The van der Waals surface area contributed by atoms with E-state index < -0.39 is 0 Å². The minimum Gasteiger partial charge on any atom is -0.303 e. The second kappa shape index (κ2) is 6.39. The van der Waals surface area contributed by atoms with Gasteiger partial charge in [-0.1, -0.05) is 33.1 Å². The van der Waals surface area contributed by atoms with E-state index in [2.05, 4.69) is 25.8 Å². The van der Waals surface area contributed by atoms with E-state index >= 15 is 0 Å². The first-order valence-electron chi connectivity index (χ1n) is 6.84. The molecule has 2 nitrogen and oxygen atoms in total. The summed E-state index contributed by atoms with van der Waals surface area (Å²) in [5.41, 5.74) is -0.0322. The highest BCUT2D eigenvalue weighted by molar-refractivity contribution is 5.60. The van der Waals surface area contributed by atoms with Crippen LogP contribution in [0.25, 0.3) is 0 Å². The predicted octanol–water partition coefficient (Wildman–Crippen LogP) is 3.26. The van der Waals surface area contributed by atoms with Crippen LogP contribution in [0.5, 0.6) is 0 Å². The Kier molecular flexibility index (Phi) is 5.47. The van der Waals surface area contributed by atoms with Gasteiger partial charge in [0.15, 0.2) is 0 Å². The lowest BCUT2D eigenvalue weighted by Crippen LogP contribution is -2.42. The van der Waals surface area contributed by atoms with Gasteiger partial charge in [-0.2, -0.15) is 0 Å². The molecule has 1 saturated carbocycles. The van der Waals surface area contributed by atoms with Gasteiger partial charge in [-0.25, -0.2) is 0 Å². The summed E-state index contributed by atoms with van der Waals surface area (Å²) in [6.45, 7) is 5.43. The van der Waals surface area contributed by atoms with Crippen molar-refractivity contribution in [1.29, 1.82) is 0 Å². The lowest BCUT2D eigenvalue weighted by atomic mass is 9.74. The number of hydrogen-bond donors (Lipinski definition) is 0. The highest BCUT2D eigenvalue weighted by atomic mass is 16.1. The van der Waals surface area contributed by atoms with Crippen LogP contribution in [0.15, 0.2) is 0 Å². The van der Waals surface area contributed by atoms with E-state index in [1.807, 2.05) is 0 Å². The minimum absolute atomic E-state index is 0.0322. The van der Waals surface area contributed by atoms with Crippen molar-refractivity contribution in [1.82, 2.24) is 4.90 Å². The first-order chi connectivity index (χ1) is 7.67. The van der Waals surface area contributed by atoms with Crippen molar-refractivity contribution in [2.75, 3.05) is 13.6 Å². The van der Waals surface area contributed by atoms with Gasteiger partial charge in [0, 0.05) is 18.0 Å². The van der Waals surface area contributed by atoms with Crippen molar-refractivity contribution in [3.8, 4) is 0 Å². The van der Waals surface area contributed by atoms with Crippen LogP contribution in [0.3, 0.4) is 0 Å². The summed E-state index contributed by atoms with van der Waals surface area (Å²) in [4.78, 5) is 13.8. The second-order valence-electron chi connectivity index (χ2n) is 5.43. The fourth-order valence-electron chi connectivity index (χ4n) is 3.11. The molecular weight excluding hydrogens is 198 g/mol. The normalized spacial score (nSPS) is 20.3. The monoisotopic (exact) mass is 225 g/mol. The van der Waals surface area contributed by atoms with Crippen LogP contribution in [-0.2, 0) is 4.79 Å². The molecule has 0 amide bonds. The van der Waals surface area contributed by atoms with Crippen molar-refractivity contribution in [3.05, 3.63) is 0 Å². The maximum Gasteiger partial charge on any atom is 0.127 e. The van der Waals surface area contributed by atoms with Crippen LogP contribution in [-0.4, -0.2) is 30.8 Å². The van der Waals surface area contributed by atoms with Gasteiger partial charge in [0.25, 0.3) is 0 Å². The number of hydrogen-bond acceptors (Lipinski definition) is 2. The predicted molar refractivity (Wildman–Crippen MR) is 68.6 cm³/mol. The number of carbonyl (C=O) groups is 1. The molecule has 94 valence electrons. The molecule has 0 unspecified atom stereocenters. The van der Waals surface area contributed by atoms with Gasteiger partial charge in [-0.15, -0.1) is 0 Å². The summed E-state index contributed by atoms with van der Waals surface area (Å²) in [5, 5.41) is 0. The van der Waals surface area contributed by atoms with E-state index in [4.69, 9.17) is 0 Å². The number of nitrogens with zero attached hydrogens (tertiary/aromatic N) is 1. The molecule has 0 N–H and O–H groups in total. The zero-order chi connectivity index (χ0) is 12.0. The molecule has 1 aliphatic rings. The number of rotatable bonds is 6. The van der Waals surface area contributed by atoms with Crippen molar-refractivity contribution >= 4 is 6.29 Å². The van der Waals surface area contributed by atoms with Crippen LogP contribution >= 0.6 is 0 Å². The van der Waals surface area contributed by atoms with Gasteiger partial charge in [-0.05, 0) is 32.7 Å². The average molecular weight is 225 g/mol. The van der Waals surface area contributed by atoms with E-state index in [0.717, 1.165) is 19.4 Å². The third-order valence-electron chi connectivity index (χ3n) is 4.23. The van der Waals surface area contributed by atoms with Crippen LogP contribution in [0.2, 0.25) is 0 Å².